The minimum atomic E-state index is -0.952. The zero-order valence-corrected chi connectivity index (χ0v) is 37.3. The van der Waals surface area contributed by atoms with Gasteiger partial charge in [-0.25, -0.2) is 19.2 Å². The van der Waals surface area contributed by atoms with E-state index in [1.807, 2.05) is 18.4 Å². The fourth-order valence-electron chi connectivity index (χ4n) is 9.13. The lowest BCUT2D eigenvalue weighted by molar-refractivity contribution is -0.135. The first-order valence-corrected chi connectivity index (χ1v) is 21.6. The summed E-state index contributed by atoms with van der Waals surface area (Å²) < 4.78 is 33.2. The molecule has 65 heavy (non-hydrogen) atoms. The number of carbonyl (C=O) groups is 4. The Morgan fingerprint density at radius 2 is 1.68 bits per heavy atom. The van der Waals surface area contributed by atoms with Gasteiger partial charge in [-0.15, -0.1) is 0 Å². The number of piperidine rings is 2. The summed E-state index contributed by atoms with van der Waals surface area (Å²) in [5, 5.41) is 3.01. The van der Waals surface area contributed by atoms with E-state index in [1.54, 1.807) is 42.3 Å². The summed E-state index contributed by atoms with van der Waals surface area (Å²) >= 11 is 12.7. The average Bonchev–Trinajstić information content (AvgIpc) is 3.89. The molecule has 7 heterocycles. The van der Waals surface area contributed by atoms with E-state index >= 15 is 4.39 Å². The number of imidazole rings is 2. The third-order valence-corrected chi connectivity index (χ3v) is 12.7. The molecule has 2 saturated heterocycles. The maximum atomic E-state index is 15.5. The van der Waals surface area contributed by atoms with Crippen molar-refractivity contribution >= 4 is 63.6 Å². The van der Waals surface area contributed by atoms with Crippen LogP contribution in [0, 0.1) is 5.82 Å². The summed E-state index contributed by atoms with van der Waals surface area (Å²) in [6, 6.07) is 10.6. The van der Waals surface area contributed by atoms with E-state index in [2.05, 4.69) is 10.3 Å². The van der Waals surface area contributed by atoms with E-state index in [0.717, 1.165) is 0 Å². The number of hydrogen-bond acceptors (Lipinski definition) is 10. The summed E-state index contributed by atoms with van der Waals surface area (Å²) in [5.41, 5.74) is 1.37. The summed E-state index contributed by atoms with van der Waals surface area (Å²) in [7, 11) is 4.46. The number of likely N-dealkylation sites (tertiary alicyclic amines) is 1. The molecule has 0 radical (unpaired) electrons. The van der Waals surface area contributed by atoms with E-state index < -0.39 is 53.0 Å². The molecule has 17 nitrogen and oxygen atoms in total. The van der Waals surface area contributed by atoms with Crippen LogP contribution in [0.4, 0.5) is 10.1 Å². The van der Waals surface area contributed by atoms with Gasteiger partial charge in [0.25, 0.3) is 17.4 Å². The highest BCUT2D eigenvalue weighted by molar-refractivity contribution is 6.31. The monoisotopic (exact) mass is 925 g/mol. The highest BCUT2D eigenvalue weighted by Gasteiger charge is 2.46. The number of rotatable bonds is 9. The highest BCUT2D eigenvalue weighted by atomic mass is 35.5. The van der Waals surface area contributed by atoms with Crippen LogP contribution >= 0.6 is 23.2 Å². The fraction of sp³-hybridized carbons (Fsp3) is 0.333. The number of fused-ring (bicyclic) bond motifs is 2. The van der Waals surface area contributed by atoms with E-state index in [0.29, 0.717) is 40.5 Å². The quantitative estimate of drug-likeness (QED) is 0.175. The maximum Gasteiger partial charge on any atom is 0.329 e. The predicted molar refractivity (Wildman–Crippen MR) is 237 cm³/mol. The number of nitrogens with one attached hydrogen (secondary N) is 1. The number of hydrogen-bond donors (Lipinski definition) is 1. The smallest absolute Gasteiger partial charge is 0.329 e. The van der Waals surface area contributed by atoms with Gasteiger partial charge in [0, 0.05) is 69.9 Å². The number of nitrogens with zero attached hydrogens (tertiary/aromatic N) is 8. The van der Waals surface area contributed by atoms with Crippen molar-refractivity contribution in [3.8, 4) is 23.0 Å². The number of carbonyl (C=O) groups excluding carboxylic acids is 4. The lowest BCUT2D eigenvalue weighted by Gasteiger charge is -2.32. The minimum absolute atomic E-state index is 0.0559. The molecule has 1 N–H and O–H groups in total. The van der Waals surface area contributed by atoms with Gasteiger partial charge in [-0.1, -0.05) is 35.3 Å². The number of benzene rings is 2. The molecule has 0 bridgehead atoms. The lowest BCUT2D eigenvalue weighted by atomic mass is 10.0. The van der Waals surface area contributed by atoms with Crippen molar-refractivity contribution in [2.75, 3.05) is 25.1 Å². The topological polar surface area (TPSA) is 185 Å². The number of halogens is 3. The van der Waals surface area contributed by atoms with Crippen LogP contribution in [-0.4, -0.2) is 83.1 Å². The van der Waals surface area contributed by atoms with Gasteiger partial charge in [-0.3, -0.25) is 43.3 Å². The molecular formula is C45H42Cl2FN9O8. The van der Waals surface area contributed by atoms with Crippen LogP contribution in [0.5, 0.6) is 11.6 Å². The van der Waals surface area contributed by atoms with Crippen LogP contribution in [0.25, 0.3) is 22.4 Å². The van der Waals surface area contributed by atoms with Crippen molar-refractivity contribution in [3.63, 3.8) is 0 Å². The second-order valence-electron chi connectivity index (χ2n) is 16.5. The molecule has 0 spiro atoms. The second-order valence-corrected chi connectivity index (χ2v) is 17.4. The Bertz CT molecular complexity index is 3100. The van der Waals surface area contributed by atoms with Crippen molar-refractivity contribution in [2.24, 2.45) is 14.1 Å². The number of aromatic nitrogens is 6. The summed E-state index contributed by atoms with van der Waals surface area (Å²) in [6.07, 6.45) is 3.17. The Balaban J connectivity index is 1.01. The van der Waals surface area contributed by atoms with Crippen LogP contribution in [0.2, 0.25) is 10.0 Å². The lowest BCUT2D eigenvalue weighted by Crippen LogP contribution is -2.44. The Hall–Kier alpha value is -6.79. The van der Waals surface area contributed by atoms with Crippen LogP contribution in [0.3, 0.4) is 0 Å². The maximum absolute atomic E-state index is 15.5. The predicted octanol–water partition coefficient (Wildman–Crippen LogP) is 5.74. The largest absolute Gasteiger partial charge is 0.485 e. The molecule has 336 valence electrons. The zero-order valence-electron chi connectivity index (χ0n) is 35.8. The summed E-state index contributed by atoms with van der Waals surface area (Å²) in [5.74, 6) is -2.28. The molecule has 4 amide bonds. The molecule has 2 aromatic carbocycles. The van der Waals surface area contributed by atoms with Gasteiger partial charge >= 0.3 is 5.69 Å². The Morgan fingerprint density at radius 3 is 2.35 bits per heavy atom. The van der Waals surface area contributed by atoms with E-state index in [9.17, 15) is 28.8 Å². The molecule has 1 unspecified atom stereocenters. The number of imide groups is 1. The molecule has 0 aliphatic carbocycles. The number of anilines is 1. The minimum Gasteiger partial charge on any atom is -0.485 e. The average molecular weight is 927 g/mol. The number of aryl methyl sites for hydroxylation is 2. The van der Waals surface area contributed by atoms with Crippen LogP contribution in [-0.2, 0) is 23.7 Å². The fourth-order valence-corrected chi connectivity index (χ4v) is 9.51. The highest BCUT2D eigenvalue weighted by Crippen LogP contribution is 2.45. The third-order valence-electron chi connectivity index (χ3n) is 12.2. The summed E-state index contributed by atoms with van der Waals surface area (Å²) in [6.45, 7) is 4.33. The first-order valence-electron chi connectivity index (χ1n) is 20.9. The molecule has 9 rings (SSSR count). The number of amides is 4. The number of methoxy groups -OCH3 is 1. The standard InChI is InChI=1S/C45H42Cl2FN9O8/c1-22(2)55-37-34(44(62)57(32-19-26(47)21-52(3)43(32)61)35(37)23-6-8-25(46)9-7-23)51-39(55)28-18-24(20-49-41(28)64-5)42(60)54-16-14-27(15-17-54)65-38-29(48)10-11-30-36(38)53(4)45(63)56(30)31-12-13-33(58)50-40(31)59/h6-11,18-22,27,31,35H,12-17H2,1-5H3,(H,50,58,59)/t31?,35-/m0/s1. The van der Waals surface area contributed by atoms with Crippen LogP contribution in [0.15, 0.2) is 70.5 Å². The third kappa shape index (κ3) is 7.33. The molecule has 2 atom stereocenters. The molecule has 3 aliphatic heterocycles. The van der Waals surface area contributed by atoms with Crippen molar-refractivity contribution in [3.05, 3.63) is 120 Å². The van der Waals surface area contributed by atoms with Crippen LogP contribution in [0.1, 0.15) is 89.8 Å². The van der Waals surface area contributed by atoms with Gasteiger partial charge in [-0.2, -0.15) is 0 Å². The molecular weight excluding hydrogens is 884 g/mol. The van der Waals surface area contributed by atoms with Gasteiger partial charge in [0.1, 0.15) is 35.2 Å². The first kappa shape index (κ1) is 43.5. The van der Waals surface area contributed by atoms with Crippen molar-refractivity contribution in [2.45, 2.75) is 63.8 Å². The number of pyridine rings is 2. The summed E-state index contributed by atoms with van der Waals surface area (Å²) in [4.78, 5) is 92.8. The molecule has 20 heteroatoms. The second kappa shape index (κ2) is 16.6. The zero-order chi connectivity index (χ0) is 46.2. The van der Waals surface area contributed by atoms with Crippen molar-refractivity contribution in [1.82, 2.24) is 38.5 Å². The Morgan fingerprint density at radius 1 is 0.954 bits per heavy atom. The molecule has 3 aliphatic rings. The first-order chi connectivity index (χ1) is 31.1. The SMILES string of the molecule is COc1ncc(C(=O)N2CCC(Oc3c(F)ccc4c3n(C)c(=O)n4C3CCC(=O)NC3=O)CC2)cc1-c1nc2c(n1C(C)C)[C@H](c1ccc(Cl)cc1)N(c1cc(Cl)cn(C)c1=O)C2=O. The van der Waals surface area contributed by atoms with Crippen molar-refractivity contribution in [1.29, 1.82) is 0 Å². The van der Waals surface area contributed by atoms with E-state index in [1.165, 1.54) is 63.4 Å². The molecule has 6 aromatic rings. The van der Waals surface area contributed by atoms with Gasteiger partial charge in [0.05, 0.1) is 34.5 Å². The number of ether oxygens (including phenoxy) is 2. The Kier molecular flexibility index (Phi) is 11.1. The van der Waals surface area contributed by atoms with Crippen LogP contribution < -0.4 is 30.9 Å². The van der Waals surface area contributed by atoms with E-state index in [4.69, 9.17) is 37.7 Å². The van der Waals surface area contributed by atoms with Crippen molar-refractivity contribution < 1.29 is 33.0 Å². The van der Waals surface area contributed by atoms with Gasteiger partial charge in [-0.05, 0) is 62.2 Å². The molecule has 2 fully saturated rings. The van der Waals surface area contributed by atoms with Gasteiger partial charge < -0.3 is 23.5 Å². The van der Waals surface area contributed by atoms with E-state index in [-0.39, 0.29) is 82.5 Å². The molecule has 4 aromatic heterocycles. The van der Waals surface area contributed by atoms with Gasteiger partial charge in [0.2, 0.25) is 17.7 Å². The normalized spacial score (nSPS) is 17.9. The molecule has 0 saturated carbocycles. The Labute approximate surface area is 379 Å². The van der Waals surface area contributed by atoms with Gasteiger partial charge in [0.15, 0.2) is 17.3 Å².